The summed E-state index contributed by atoms with van der Waals surface area (Å²) in [5.41, 5.74) is 3.32. The van der Waals surface area contributed by atoms with E-state index in [4.69, 9.17) is 9.47 Å². The van der Waals surface area contributed by atoms with Crippen molar-refractivity contribution in [2.24, 2.45) is 0 Å². The minimum absolute atomic E-state index is 0.740. The van der Waals surface area contributed by atoms with E-state index in [2.05, 4.69) is 17.2 Å². The molecule has 4 heteroatoms. The molecule has 0 unspecified atom stereocenters. The molecule has 1 rings (SSSR count). The van der Waals surface area contributed by atoms with Gasteiger partial charge >= 0.3 is 0 Å². The van der Waals surface area contributed by atoms with Gasteiger partial charge in [-0.1, -0.05) is 0 Å². The second kappa shape index (κ2) is 7.25. The summed E-state index contributed by atoms with van der Waals surface area (Å²) in [7, 11) is 3.41. The zero-order chi connectivity index (χ0) is 12.7. The first kappa shape index (κ1) is 13.9. The Balaban J connectivity index is 2.54. The number of aromatic nitrogens is 1. The third-order valence-corrected chi connectivity index (χ3v) is 2.77. The zero-order valence-corrected chi connectivity index (χ0v) is 11.2. The molecule has 0 saturated carbocycles. The highest BCUT2D eigenvalue weighted by Gasteiger charge is 2.08. The molecule has 0 bridgehead atoms. The monoisotopic (exact) mass is 238 g/mol. The maximum Gasteiger partial charge on any atom is 0.128 e. The maximum absolute atomic E-state index is 5.38. The summed E-state index contributed by atoms with van der Waals surface area (Å²) in [4.78, 5) is 4.45. The Hall–Kier alpha value is -1.13. The number of aryl methyl sites for hydroxylation is 1. The molecular formula is C13H22N2O2. The molecule has 0 radical (unpaired) electrons. The Kier molecular flexibility index (Phi) is 5.94. The molecule has 0 saturated heterocycles. The first-order valence-electron chi connectivity index (χ1n) is 5.89. The number of hydrogen-bond donors (Lipinski definition) is 1. The molecule has 4 nitrogen and oxygen atoms in total. The van der Waals surface area contributed by atoms with Crippen LogP contribution in [0.2, 0.25) is 0 Å². The largest absolute Gasteiger partial charge is 0.496 e. The average molecular weight is 238 g/mol. The van der Waals surface area contributed by atoms with Crippen LogP contribution in [0.3, 0.4) is 0 Å². The van der Waals surface area contributed by atoms with Crippen LogP contribution in [0.1, 0.15) is 16.8 Å². The number of pyridine rings is 1. The van der Waals surface area contributed by atoms with Gasteiger partial charge in [0.05, 0.1) is 13.7 Å². The van der Waals surface area contributed by atoms with Crippen molar-refractivity contribution in [3.63, 3.8) is 0 Å². The van der Waals surface area contributed by atoms with E-state index in [0.717, 1.165) is 48.7 Å². The molecule has 0 aliphatic heterocycles. The summed E-state index contributed by atoms with van der Waals surface area (Å²) in [6.07, 6.45) is 2.78. The lowest BCUT2D eigenvalue weighted by atomic mass is 10.1. The van der Waals surface area contributed by atoms with E-state index in [1.165, 1.54) is 0 Å². The van der Waals surface area contributed by atoms with Crippen LogP contribution < -0.4 is 10.1 Å². The minimum Gasteiger partial charge on any atom is -0.496 e. The van der Waals surface area contributed by atoms with E-state index < -0.39 is 0 Å². The van der Waals surface area contributed by atoms with E-state index in [1.807, 2.05) is 13.1 Å². The molecule has 1 aromatic heterocycles. The summed E-state index contributed by atoms with van der Waals surface area (Å²) in [6.45, 7) is 6.59. The Labute approximate surface area is 103 Å². The van der Waals surface area contributed by atoms with Gasteiger partial charge in [0.15, 0.2) is 0 Å². The molecule has 17 heavy (non-hydrogen) atoms. The van der Waals surface area contributed by atoms with Gasteiger partial charge in [-0.3, -0.25) is 4.98 Å². The first-order valence-corrected chi connectivity index (χ1v) is 5.89. The molecule has 1 aromatic rings. The Morgan fingerprint density at radius 3 is 2.65 bits per heavy atom. The Bertz CT molecular complexity index is 354. The molecule has 0 aliphatic rings. The smallest absolute Gasteiger partial charge is 0.128 e. The van der Waals surface area contributed by atoms with Crippen molar-refractivity contribution in [3.8, 4) is 5.75 Å². The van der Waals surface area contributed by atoms with Gasteiger partial charge in [0.1, 0.15) is 5.75 Å². The molecule has 0 spiro atoms. The van der Waals surface area contributed by atoms with Crippen molar-refractivity contribution in [2.45, 2.75) is 20.3 Å². The molecule has 1 heterocycles. The van der Waals surface area contributed by atoms with Crippen LogP contribution in [-0.2, 0) is 11.2 Å². The Morgan fingerprint density at radius 2 is 2.00 bits per heavy atom. The fourth-order valence-corrected chi connectivity index (χ4v) is 1.83. The van der Waals surface area contributed by atoms with Gasteiger partial charge in [0.2, 0.25) is 0 Å². The lowest BCUT2D eigenvalue weighted by Crippen LogP contribution is -2.22. The van der Waals surface area contributed by atoms with Crippen LogP contribution in [0, 0.1) is 13.8 Å². The van der Waals surface area contributed by atoms with Gasteiger partial charge in [-0.05, 0) is 13.8 Å². The summed E-state index contributed by atoms with van der Waals surface area (Å²) in [6, 6.07) is 0. The zero-order valence-electron chi connectivity index (χ0n) is 11.2. The van der Waals surface area contributed by atoms with Crippen molar-refractivity contribution in [1.29, 1.82) is 0 Å². The number of nitrogens with zero attached hydrogens (tertiary/aromatic N) is 1. The van der Waals surface area contributed by atoms with Gasteiger partial charge in [-0.2, -0.15) is 0 Å². The second-order valence-corrected chi connectivity index (χ2v) is 4.04. The van der Waals surface area contributed by atoms with Gasteiger partial charge in [0, 0.05) is 49.6 Å². The number of nitrogens with one attached hydrogen (secondary N) is 1. The number of rotatable bonds is 7. The third-order valence-electron chi connectivity index (χ3n) is 2.77. The van der Waals surface area contributed by atoms with Crippen LogP contribution in [0.15, 0.2) is 6.20 Å². The topological polar surface area (TPSA) is 43.4 Å². The van der Waals surface area contributed by atoms with E-state index in [0.29, 0.717) is 0 Å². The quantitative estimate of drug-likeness (QED) is 0.731. The predicted molar refractivity (Wildman–Crippen MR) is 68.7 cm³/mol. The maximum atomic E-state index is 5.38. The molecule has 0 atom stereocenters. The highest BCUT2D eigenvalue weighted by Crippen LogP contribution is 2.23. The van der Waals surface area contributed by atoms with Crippen molar-refractivity contribution in [1.82, 2.24) is 10.3 Å². The van der Waals surface area contributed by atoms with Gasteiger partial charge in [-0.25, -0.2) is 0 Å². The number of ether oxygens (including phenoxy) is 2. The van der Waals surface area contributed by atoms with E-state index in [9.17, 15) is 0 Å². The van der Waals surface area contributed by atoms with E-state index in [1.54, 1.807) is 14.2 Å². The molecule has 0 aromatic carbocycles. The average Bonchev–Trinajstić information content (AvgIpc) is 2.32. The second-order valence-electron chi connectivity index (χ2n) is 4.04. The normalized spacial score (nSPS) is 10.6. The number of hydrogen-bond acceptors (Lipinski definition) is 4. The van der Waals surface area contributed by atoms with Crippen LogP contribution in [-0.4, -0.2) is 38.9 Å². The summed E-state index contributed by atoms with van der Waals surface area (Å²) in [5.74, 6) is 0.951. The van der Waals surface area contributed by atoms with Crippen molar-refractivity contribution >= 4 is 0 Å². The Morgan fingerprint density at radius 1 is 1.24 bits per heavy atom. The molecule has 0 fully saturated rings. The highest BCUT2D eigenvalue weighted by molar-refractivity contribution is 5.41. The summed E-state index contributed by atoms with van der Waals surface area (Å²) in [5, 5.41) is 3.31. The van der Waals surface area contributed by atoms with Crippen molar-refractivity contribution in [3.05, 3.63) is 23.0 Å². The summed E-state index contributed by atoms with van der Waals surface area (Å²) < 4.78 is 10.4. The molecule has 1 N–H and O–H groups in total. The fourth-order valence-electron chi connectivity index (χ4n) is 1.83. The van der Waals surface area contributed by atoms with Crippen molar-refractivity contribution in [2.75, 3.05) is 33.9 Å². The molecular weight excluding hydrogens is 216 g/mol. The van der Waals surface area contributed by atoms with Crippen LogP contribution >= 0.6 is 0 Å². The first-order chi connectivity index (χ1) is 8.20. The van der Waals surface area contributed by atoms with Crippen LogP contribution in [0.4, 0.5) is 0 Å². The predicted octanol–water partition coefficient (Wildman–Crippen LogP) is 1.49. The lowest BCUT2D eigenvalue weighted by Gasteiger charge is -2.12. The van der Waals surface area contributed by atoms with Crippen molar-refractivity contribution < 1.29 is 9.47 Å². The molecule has 0 amide bonds. The van der Waals surface area contributed by atoms with E-state index >= 15 is 0 Å². The van der Waals surface area contributed by atoms with Crippen LogP contribution in [0.25, 0.3) is 0 Å². The summed E-state index contributed by atoms with van der Waals surface area (Å²) >= 11 is 0. The molecule has 96 valence electrons. The highest BCUT2D eigenvalue weighted by atomic mass is 16.5. The molecule has 0 aliphatic carbocycles. The van der Waals surface area contributed by atoms with Gasteiger partial charge in [-0.15, -0.1) is 0 Å². The third kappa shape index (κ3) is 3.98. The fraction of sp³-hybridized carbons (Fsp3) is 0.615. The van der Waals surface area contributed by atoms with E-state index in [-0.39, 0.29) is 0 Å². The lowest BCUT2D eigenvalue weighted by molar-refractivity contribution is 0.199. The number of methoxy groups -OCH3 is 2. The SMILES string of the molecule is COCCNCCc1ncc(C)c(OC)c1C. The van der Waals surface area contributed by atoms with Gasteiger partial charge in [0.25, 0.3) is 0 Å². The minimum atomic E-state index is 0.740. The van der Waals surface area contributed by atoms with Gasteiger partial charge < -0.3 is 14.8 Å². The van der Waals surface area contributed by atoms with Crippen LogP contribution in [0.5, 0.6) is 5.75 Å². The standard InChI is InChI=1S/C13H22N2O2/c1-10-9-15-12(11(2)13(10)17-4)5-6-14-7-8-16-3/h9,14H,5-8H2,1-4H3.